The lowest BCUT2D eigenvalue weighted by atomic mass is 10.1. The molecule has 0 bridgehead atoms. The fraction of sp³-hybridized carbons (Fsp3) is 0.143. The standard InChI is InChI=1S/C14H13F3N2/c1-19(11-8-6-10(18)7-9-11)13-5-3-2-4-12(13)14(15,16)17/h2-9H,18H2,1H3. The first-order valence-corrected chi connectivity index (χ1v) is 5.65. The summed E-state index contributed by atoms with van der Waals surface area (Å²) >= 11 is 0. The van der Waals surface area contributed by atoms with Gasteiger partial charge in [-0.25, -0.2) is 0 Å². The number of para-hydroxylation sites is 1. The number of alkyl halides is 3. The second kappa shape index (κ2) is 4.84. The minimum absolute atomic E-state index is 0.111. The monoisotopic (exact) mass is 266 g/mol. The maximum absolute atomic E-state index is 12.9. The van der Waals surface area contributed by atoms with E-state index in [9.17, 15) is 13.2 Å². The van der Waals surface area contributed by atoms with E-state index in [1.165, 1.54) is 17.0 Å². The molecule has 5 heteroatoms. The van der Waals surface area contributed by atoms with Crippen LogP contribution in [0.4, 0.5) is 30.2 Å². The summed E-state index contributed by atoms with van der Waals surface area (Å²) in [4.78, 5) is 1.49. The number of rotatable bonds is 2. The average Bonchev–Trinajstić information content (AvgIpc) is 2.38. The molecule has 0 saturated heterocycles. The van der Waals surface area contributed by atoms with Crippen molar-refractivity contribution in [2.24, 2.45) is 0 Å². The van der Waals surface area contributed by atoms with Crippen LogP contribution < -0.4 is 10.6 Å². The average molecular weight is 266 g/mol. The number of halogens is 3. The zero-order valence-electron chi connectivity index (χ0n) is 10.3. The van der Waals surface area contributed by atoms with Crippen molar-refractivity contribution in [3.05, 3.63) is 54.1 Å². The predicted molar refractivity (Wildman–Crippen MR) is 70.4 cm³/mol. The quantitative estimate of drug-likeness (QED) is 0.831. The largest absolute Gasteiger partial charge is 0.418 e. The zero-order valence-corrected chi connectivity index (χ0v) is 10.3. The molecular weight excluding hydrogens is 253 g/mol. The van der Waals surface area contributed by atoms with E-state index >= 15 is 0 Å². The van der Waals surface area contributed by atoms with E-state index in [2.05, 4.69) is 0 Å². The third-order valence-corrected chi connectivity index (χ3v) is 2.85. The van der Waals surface area contributed by atoms with Gasteiger partial charge in [0.15, 0.2) is 0 Å². The van der Waals surface area contributed by atoms with Gasteiger partial charge in [0, 0.05) is 18.4 Å². The molecule has 0 aromatic heterocycles. The first kappa shape index (κ1) is 13.3. The molecule has 0 radical (unpaired) electrons. The highest BCUT2D eigenvalue weighted by molar-refractivity contribution is 5.67. The Bertz CT molecular complexity index is 562. The first-order valence-electron chi connectivity index (χ1n) is 5.65. The normalized spacial score (nSPS) is 11.4. The molecule has 100 valence electrons. The van der Waals surface area contributed by atoms with Crippen molar-refractivity contribution in [3.63, 3.8) is 0 Å². The number of nitrogen functional groups attached to an aromatic ring is 1. The summed E-state index contributed by atoms with van der Waals surface area (Å²) < 4.78 is 38.8. The van der Waals surface area contributed by atoms with Crippen molar-refractivity contribution in [1.29, 1.82) is 0 Å². The Hall–Kier alpha value is -2.17. The van der Waals surface area contributed by atoms with Crippen LogP contribution >= 0.6 is 0 Å². The van der Waals surface area contributed by atoms with Crippen LogP contribution in [0.25, 0.3) is 0 Å². The number of hydrogen-bond acceptors (Lipinski definition) is 2. The number of nitrogens with zero attached hydrogens (tertiary/aromatic N) is 1. The van der Waals surface area contributed by atoms with Crippen LogP contribution in [0.1, 0.15) is 5.56 Å². The lowest BCUT2D eigenvalue weighted by molar-refractivity contribution is -0.137. The third kappa shape index (κ3) is 2.81. The summed E-state index contributed by atoms with van der Waals surface area (Å²) in [5, 5.41) is 0. The van der Waals surface area contributed by atoms with Gasteiger partial charge in [-0.2, -0.15) is 13.2 Å². The minimum atomic E-state index is -4.38. The Labute approximate surface area is 109 Å². The second-order valence-electron chi connectivity index (χ2n) is 4.17. The van der Waals surface area contributed by atoms with Crippen molar-refractivity contribution >= 4 is 17.1 Å². The number of anilines is 3. The van der Waals surface area contributed by atoms with Gasteiger partial charge in [0.25, 0.3) is 0 Å². The molecule has 2 rings (SSSR count). The topological polar surface area (TPSA) is 29.3 Å². The molecule has 0 aliphatic rings. The van der Waals surface area contributed by atoms with Gasteiger partial charge in [-0.1, -0.05) is 12.1 Å². The van der Waals surface area contributed by atoms with Crippen molar-refractivity contribution in [2.75, 3.05) is 17.7 Å². The van der Waals surface area contributed by atoms with Crippen LogP contribution in [0.2, 0.25) is 0 Å². The Morgan fingerprint density at radius 1 is 0.947 bits per heavy atom. The van der Waals surface area contributed by atoms with Crippen LogP contribution in [0.5, 0.6) is 0 Å². The molecule has 0 heterocycles. The van der Waals surface area contributed by atoms with E-state index in [0.29, 0.717) is 11.4 Å². The van der Waals surface area contributed by atoms with Gasteiger partial charge in [0.05, 0.1) is 11.3 Å². The smallest absolute Gasteiger partial charge is 0.399 e. The van der Waals surface area contributed by atoms with Gasteiger partial charge in [-0.3, -0.25) is 0 Å². The highest BCUT2D eigenvalue weighted by Gasteiger charge is 2.34. The summed E-state index contributed by atoms with van der Waals surface area (Å²) in [5.41, 5.74) is 6.23. The SMILES string of the molecule is CN(c1ccc(N)cc1)c1ccccc1C(F)(F)F. The summed E-state index contributed by atoms with van der Waals surface area (Å²) in [6.07, 6.45) is -4.38. The van der Waals surface area contributed by atoms with E-state index in [-0.39, 0.29) is 5.69 Å². The highest BCUT2D eigenvalue weighted by Crippen LogP contribution is 2.38. The van der Waals surface area contributed by atoms with E-state index in [4.69, 9.17) is 5.73 Å². The lowest BCUT2D eigenvalue weighted by Crippen LogP contribution is -2.16. The fourth-order valence-electron chi connectivity index (χ4n) is 1.84. The third-order valence-electron chi connectivity index (χ3n) is 2.85. The predicted octanol–water partition coefficient (Wildman–Crippen LogP) is 4.06. The van der Waals surface area contributed by atoms with E-state index in [1.54, 1.807) is 37.4 Å². The van der Waals surface area contributed by atoms with Crippen LogP contribution in [0, 0.1) is 0 Å². The highest BCUT2D eigenvalue weighted by atomic mass is 19.4. The van der Waals surface area contributed by atoms with Crippen molar-refractivity contribution < 1.29 is 13.2 Å². The Balaban J connectivity index is 2.44. The zero-order chi connectivity index (χ0) is 14.0. The summed E-state index contributed by atoms with van der Waals surface area (Å²) in [6, 6.07) is 12.2. The fourth-order valence-corrected chi connectivity index (χ4v) is 1.84. The number of nitrogens with two attached hydrogens (primary N) is 1. The van der Waals surface area contributed by atoms with Crippen molar-refractivity contribution in [3.8, 4) is 0 Å². The summed E-state index contributed by atoms with van der Waals surface area (Å²) in [7, 11) is 1.59. The molecule has 2 aromatic carbocycles. The van der Waals surface area contributed by atoms with Crippen LogP contribution in [0.15, 0.2) is 48.5 Å². The number of hydrogen-bond donors (Lipinski definition) is 1. The van der Waals surface area contributed by atoms with Crippen LogP contribution in [0.3, 0.4) is 0 Å². The van der Waals surface area contributed by atoms with Gasteiger partial charge < -0.3 is 10.6 Å². The van der Waals surface area contributed by atoms with Gasteiger partial charge in [-0.15, -0.1) is 0 Å². The van der Waals surface area contributed by atoms with Crippen molar-refractivity contribution in [2.45, 2.75) is 6.18 Å². The molecule has 0 aliphatic heterocycles. The molecule has 0 unspecified atom stereocenters. The van der Waals surface area contributed by atoms with Gasteiger partial charge in [-0.05, 0) is 36.4 Å². The summed E-state index contributed by atoms with van der Waals surface area (Å²) in [5.74, 6) is 0. The maximum Gasteiger partial charge on any atom is 0.418 e. The minimum Gasteiger partial charge on any atom is -0.399 e. The van der Waals surface area contributed by atoms with Crippen LogP contribution in [-0.2, 0) is 6.18 Å². The molecule has 0 spiro atoms. The molecule has 0 fully saturated rings. The molecule has 0 atom stereocenters. The molecular formula is C14H13F3N2. The molecule has 2 nitrogen and oxygen atoms in total. The molecule has 0 aliphatic carbocycles. The van der Waals surface area contributed by atoms with E-state index < -0.39 is 11.7 Å². The molecule has 2 N–H and O–H groups in total. The summed E-state index contributed by atoms with van der Waals surface area (Å²) in [6.45, 7) is 0. The molecule has 2 aromatic rings. The van der Waals surface area contributed by atoms with E-state index in [1.807, 2.05) is 0 Å². The molecule has 0 amide bonds. The number of benzene rings is 2. The molecule has 19 heavy (non-hydrogen) atoms. The Kier molecular flexibility index (Phi) is 3.38. The maximum atomic E-state index is 12.9. The molecule has 0 saturated carbocycles. The second-order valence-corrected chi connectivity index (χ2v) is 4.17. The lowest BCUT2D eigenvalue weighted by Gasteiger charge is -2.23. The Morgan fingerprint density at radius 3 is 2.11 bits per heavy atom. The Morgan fingerprint density at radius 2 is 1.53 bits per heavy atom. The van der Waals surface area contributed by atoms with Crippen molar-refractivity contribution in [1.82, 2.24) is 0 Å². The van der Waals surface area contributed by atoms with Gasteiger partial charge in [0.2, 0.25) is 0 Å². The van der Waals surface area contributed by atoms with E-state index in [0.717, 1.165) is 6.07 Å². The van der Waals surface area contributed by atoms with Gasteiger partial charge in [0.1, 0.15) is 0 Å². The van der Waals surface area contributed by atoms with Gasteiger partial charge >= 0.3 is 6.18 Å². The van der Waals surface area contributed by atoms with Crippen LogP contribution in [-0.4, -0.2) is 7.05 Å². The first-order chi connectivity index (χ1) is 8.89.